The molecule has 0 N–H and O–H groups in total. The van der Waals surface area contributed by atoms with Crippen LogP contribution in [0.3, 0.4) is 0 Å². The van der Waals surface area contributed by atoms with E-state index in [1.54, 1.807) is 0 Å². The van der Waals surface area contributed by atoms with Crippen molar-refractivity contribution in [2.45, 2.75) is 29.6 Å². The van der Waals surface area contributed by atoms with Gasteiger partial charge in [-0.1, -0.05) is 23.4 Å². The smallest absolute Gasteiger partial charge is 0.258 e. The molecule has 0 aliphatic rings. The van der Waals surface area contributed by atoms with Crippen LogP contribution in [0.15, 0.2) is 35.6 Å². The first-order valence-electron chi connectivity index (χ1n) is 6.41. The fourth-order valence-electron chi connectivity index (χ4n) is 1.83. The van der Waals surface area contributed by atoms with Gasteiger partial charge < -0.3 is 0 Å². The number of nitrogens with zero attached hydrogens (tertiary/aromatic N) is 2. The Hall–Kier alpha value is -1.48. The minimum Gasteiger partial charge on any atom is -0.258 e. The second-order valence-electron chi connectivity index (χ2n) is 4.70. The Kier molecular flexibility index (Phi) is 5.34. The van der Waals surface area contributed by atoms with Gasteiger partial charge in [-0.2, -0.15) is 26.3 Å². The highest BCUT2D eigenvalue weighted by Gasteiger charge is 2.35. The highest BCUT2D eigenvalue weighted by atomic mass is 35.5. The van der Waals surface area contributed by atoms with Crippen molar-refractivity contribution in [3.8, 4) is 0 Å². The van der Waals surface area contributed by atoms with Crippen LogP contribution < -0.4 is 0 Å². The summed E-state index contributed by atoms with van der Waals surface area (Å²) in [4.78, 5) is 7.34. The van der Waals surface area contributed by atoms with Gasteiger partial charge in [0.15, 0.2) is 0 Å². The summed E-state index contributed by atoms with van der Waals surface area (Å²) >= 11 is 6.53. The molecule has 0 fully saturated rings. The second kappa shape index (κ2) is 6.79. The molecule has 130 valence electrons. The molecule has 0 spiro atoms. The predicted octanol–water partition coefficient (Wildman–Crippen LogP) is 6.02. The van der Waals surface area contributed by atoms with Gasteiger partial charge in [-0.3, -0.25) is 4.98 Å². The van der Waals surface area contributed by atoms with Crippen molar-refractivity contribution in [2.75, 3.05) is 0 Å². The second-order valence-corrected chi connectivity index (χ2v) is 6.44. The van der Waals surface area contributed by atoms with E-state index in [0.717, 1.165) is 23.9 Å². The lowest BCUT2D eigenvalue weighted by Crippen LogP contribution is -2.09. The molecule has 0 aliphatic heterocycles. The minimum absolute atomic E-state index is 0.0495. The average Bonchev–Trinajstić information content (AvgIpc) is 2.45. The van der Waals surface area contributed by atoms with Crippen molar-refractivity contribution < 1.29 is 26.3 Å². The molecule has 2 heterocycles. The van der Waals surface area contributed by atoms with Crippen LogP contribution in [0, 0.1) is 0 Å². The minimum atomic E-state index is -4.60. The molecule has 0 saturated carbocycles. The Bertz CT molecular complexity index is 732. The van der Waals surface area contributed by atoms with Crippen LogP contribution in [0.1, 0.15) is 29.0 Å². The van der Waals surface area contributed by atoms with Crippen molar-refractivity contribution in [3.05, 3.63) is 52.4 Å². The van der Waals surface area contributed by atoms with E-state index < -0.39 is 28.7 Å². The molecular weight excluding hydrogens is 378 g/mol. The number of alkyl halides is 6. The third-order valence-corrected chi connectivity index (χ3v) is 4.38. The van der Waals surface area contributed by atoms with Crippen LogP contribution in [0.4, 0.5) is 26.3 Å². The summed E-state index contributed by atoms with van der Waals surface area (Å²) in [6, 6.07) is 2.73. The van der Waals surface area contributed by atoms with Gasteiger partial charge in [0.05, 0.1) is 27.1 Å². The fourth-order valence-corrected chi connectivity index (χ4v) is 3.29. The Morgan fingerprint density at radius 1 is 1.08 bits per heavy atom. The van der Waals surface area contributed by atoms with E-state index in [2.05, 4.69) is 9.97 Å². The van der Waals surface area contributed by atoms with Gasteiger partial charge in [-0.25, -0.2) is 4.98 Å². The van der Waals surface area contributed by atoms with Gasteiger partial charge in [0.2, 0.25) is 0 Å². The number of rotatable bonds is 3. The van der Waals surface area contributed by atoms with Crippen molar-refractivity contribution in [3.63, 3.8) is 0 Å². The lowest BCUT2D eigenvalue weighted by molar-refractivity contribution is -0.140. The van der Waals surface area contributed by atoms with Crippen LogP contribution in [0.25, 0.3) is 0 Å². The average molecular weight is 387 g/mol. The number of hydrogen-bond acceptors (Lipinski definition) is 3. The third-order valence-electron chi connectivity index (χ3n) is 2.95. The zero-order valence-corrected chi connectivity index (χ0v) is 13.5. The molecule has 1 atom stereocenters. The summed E-state index contributed by atoms with van der Waals surface area (Å²) in [5.41, 5.74) is -1.90. The fraction of sp³-hybridized carbons (Fsp3) is 0.286. The largest absolute Gasteiger partial charge is 0.419 e. The Morgan fingerprint density at radius 2 is 1.75 bits per heavy atom. The number of halogens is 7. The zero-order chi connectivity index (χ0) is 18.1. The predicted molar refractivity (Wildman–Crippen MR) is 77.8 cm³/mol. The summed E-state index contributed by atoms with van der Waals surface area (Å²) in [6.45, 7) is 1.49. The molecule has 2 aromatic rings. The van der Waals surface area contributed by atoms with Gasteiger partial charge in [-0.15, -0.1) is 0 Å². The van der Waals surface area contributed by atoms with E-state index in [-0.39, 0.29) is 15.7 Å². The quantitative estimate of drug-likeness (QED) is 0.476. The number of thioether (sulfide) groups is 1. The van der Waals surface area contributed by atoms with Gasteiger partial charge in [0, 0.05) is 12.4 Å². The maximum Gasteiger partial charge on any atom is 0.419 e. The van der Waals surface area contributed by atoms with Crippen LogP contribution in [0.5, 0.6) is 0 Å². The van der Waals surface area contributed by atoms with E-state index >= 15 is 0 Å². The molecule has 0 amide bonds. The van der Waals surface area contributed by atoms with Gasteiger partial charge in [0.1, 0.15) is 5.03 Å². The number of pyridine rings is 2. The van der Waals surface area contributed by atoms with Crippen LogP contribution in [-0.4, -0.2) is 9.97 Å². The number of aromatic nitrogens is 2. The first kappa shape index (κ1) is 18.9. The maximum absolute atomic E-state index is 12.9. The lowest BCUT2D eigenvalue weighted by Gasteiger charge is -2.16. The van der Waals surface area contributed by atoms with Crippen LogP contribution >= 0.6 is 23.4 Å². The topological polar surface area (TPSA) is 25.8 Å². The SMILES string of the molecule is CC(Sc1ncccc1C(F)(F)F)c1ncc(C(F)(F)F)cc1Cl. The van der Waals surface area contributed by atoms with Crippen LogP contribution in [0.2, 0.25) is 5.02 Å². The van der Waals surface area contributed by atoms with Crippen molar-refractivity contribution >= 4 is 23.4 Å². The van der Waals surface area contributed by atoms with E-state index in [1.807, 2.05) is 0 Å². The first-order chi connectivity index (χ1) is 11.0. The normalized spacial score (nSPS) is 13.8. The Labute approximate surface area is 142 Å². The molecule has 0 radical (unpaired) electrons. The van der Waals surface area contributed by atoms with E-state index in [4.69, 9.17) is 11.6 Å². The van der Waals surface area contributed by atoms with Gasteiger partial charge in [-0.05, 0) is 25.1 Å². The molecule has 0 saturated heterocycles. The van der Waals surface area contributed by atoms with E-state index in [1.165, 1.54) is 13.1 Å². The molecule has 1 unspecified atom stereocenters. The molecule has 2 nitrogen and oxygen atoms in total. The highest BCUT2D eigenvalue weighted by molar-refractivity contribution is 7.99. The lowest BCUT2D eigenvalue weighted by atomic mass is 10.2. The Balaban J connectivity index is 2.30. The monoisotopic (exact) mass is 386 g/mol. The maximum atomic E-state index is 12.9. The molecule has 2 aromatic heterocycles. The molecular formula is C14H9ClF6N2S. The highest BCUT2D eigenvalue weighted by Crippen LogP contribution is 2.42. The van der Waals surface area contributed by atoms with Crippen molar-refractivity contribution in [2.24, 2.45) is 0 Å². The molecule has 0 aromatic carbocycles. The van der Waals surface area contributed by atoms with Crippen molar-refractivity contribution in [1.82, 2.24) is 9.97 Å². The summed E-state index contributed by atoms with van der Waals surface area (Å²) in [7, 11) is 0. The van der Waals surface area contributed by atoms with Gasteiger partial charge in [0.25, 0.3) is 0 Å². The molecule has 10 heteroatoms. The standard InChI is InChI=1S/C14H9ClF6N2S/c1-7(11-10(15)5-8(6-23-11)13(16,17)18)24-12-9(14(19,20)21)3-2-4-22-12/h2-7H,1H3. The molecule has 0 bridgehead atoms. The summed E-state index contributed by atoms with van der Waals surface area (Å²) in [6.07, 6.45) is -7.39. The van der Waals surface area contributed by atoms with E-state index in [9.17, 15) is 26.3 Å². The summed E-state index contributed by atoms with van der Waals surface area (Å²) < 4.78 is 76.6. The first-order valence-corrected chi connectivity index (χ1v) is 7.67. The number of hydrogen-bond donors (Lipinski definition) is 0. The molecule has 0 aliphatic carbocycles. The van der Waals surface area contributed by atoms with Crippen molar-refractivity contribution in [1.29, 1.82) is 0 Å². The Morgan fingerprint density at radius 3 is 2.29 bits per heavy atom. The van der Waals surface area contributed by atoms with E-state index in [0.29, 0.717) is 12.3 Å². The van der Waals surface area contributed by atoms with Gasteiger partial charge >= 0.3 is 12.4 Å². The molecule has 2 rings (SSSR count). The molecule has 24 heavy (non-hydrogen) atoms. The zero-order valence-electron chi connectivity index (χ0n) is 11.9. The van der Waals surface area contributed by atoms with Crippen LogP contribution in [-0.2, 0) is 12.4 Å². The third kappa shape index (κ3) is 4.32. The summed E-state index contributed by atoms with van der Waals surface area (Å²) in [5, 5.41) is -1.29. The summed E-state index contributed by atoms with van der Waals surface area (Å²) in [5.74, 6) is 0.